The fourth-order valence-corrected chi connectivity index (χ4v) is 3.30. The molecule has 23 heavy (non-hydrogen) atoms. The Kier molecular flexibility index (Phi) is 4.62. The minimum absolute atomic E-state index is 0.0661. The normalized spacial score (nSPS) is 12.3. The molecule has 3 aromatic rings. The number of para-hydroxylation sites is 1. The van der Waals surface area contributed by atoms with Crippen LogP contribution in [0.2, 0.25) is 0 Å². The highest BCUT2D eigenvalue weighted by Crippen LogP contribution is 2.25. The molecule has 0 saturated heterocycles. The van der Waals surface area contributed by atoms with Crippen molar-refractivity contribution in [2.75, 3.05) is 11.4 Å². The summed E-state index contributed by atoms with van der Waals surface area (Å²) < 4.78 is 1.90. The number of thioether (sulfide) groups is 1. The van der Waals surface area contributed by atoms with Crippen LogP contribution >= 0.6 is 11.8 Å². The molecule has 0 fully saturated rings. The first-order valence-electron chi connectivity index (χ1n) is 7.53. The molecule has 3 rings (SSSR count). The first kappa shape index (κ1) is 15.6. The second-order valence-corrected chi connectivity index (χ2v) is 6.40. The van der Waals surface area contributed by atoms with Crippen LogP contribution in [0.5, 0.6) is 0 Å². The SMILES string of the molecule is CCN(C(=O)C(C)Sc1nnc2ccccn12)c1ccccc1. The summed E-state index contributed by atoms with van der Waals surface area (Å²) in [6.45, 7) is 4.52. The van der Waals surface area contributed by atoms with Crippen LogP contribution in [0.25, 0.3) is 5.65 Å². The van der Waals surface area contributed by atoms with Gasteiger partial charge >= 0.3 is 0 Å². The fourth-order valence-electron chi connectivity index (χ4n) is 2.40. The lowest BCUT2D eigenvalue weighted by Gasteiger charge is -2.23. The highest BCUT2D eigenvalue weighted by Gasteiger charge is 2.23. The molecule has 0 bridgehead atoms. The van der Waals surface area contributed by atoms with Gasteiger partial charge in [0.05, 0.1) is 5.25 Å². The summed E-state index contributed by atoms with van der Waals surface area (Å²) in [5, 5.41) is 8.78. The molecule has 5 nitrogen and oxygen atoms in total. The molecule has 0 N–H and O–H groups in total. The third-order valence-electron chi connectivity index (χ3n) is 3.56. The predicted octanol–water partition coefficient (Wildman–Crippen LogP) is 3.26. The van der Waals surface area contributed by atoms with Crippen molar-refractivity contribution in [1.82, 2.24) is 14.6 Å². The van der Waals surface area contributed by atoms with Crippen LogP contribution in [0.1, 0.15) is 13.8 Å². The number of pyridine rings is 1. The van der Waals surface area contributed by atoms with E-state index in [4.69, 9.17) is 0 Å². The van der Waals surface area contributed by atoms with Gasteiger partial charge in [0.2, 0.25) is 5.91 Å². The average Bonchev–Trinajstić information content (AvgIpc) is 2.99. The van der Waals surface area contributed by atoms with Gasteiger partial charge in [-0.15, -0.1) is 10.2 Å². The second kappa shape index (κ2) is 6.83. The van der Waals surface area contributed by atoms with E-state index < -0.39 is 0 Å². The van der Waals surface area contributed by atoms with Gasteiger partial charge in [-0.3, -0.25) is 9.20 Å². The number of rotatable bonds is 5. The number of nitrogens with zero attached hydrogens (tertiary/aromatic N) is 4. The monoisotopic (exact) mass is 326 g/mol. The Bertz CT molecular complexity index is 802. The molecule has 2 aromatic heterocycles. The lowest BCUT2D eigenvalue weighted by molar-refractivity contribution is -0.117. The van der Waals surface area contributed by atoms with E-state index in [9.17, 15) is 4.79 Å². The van der Waals surface area contributed by atoms with E-state index in [-0.39, 0.29) is 11.2 Å². The molecule has 1 unspecified atom stereocenters. The molecule has 0 spiro atoms. The van der Waals surface area contributed by atoms with Crippen molar-refractivity contribution in [1.29, 1.82) is 0 Å². The van der Waals surface area contributed by atoms with Crippen molar-refractivity contribution >= 4 is 29.0 Å². The van der Waals surface area contributed by atoms with E-state index >= 15 is 0 Å². The summed E-state index contributed by atoms with van der Waals surface area (Å²) in [4.78, 5) is 14.6. The summed E-state index contributed by atoms with van der Waals surface area (Å²) >= 11 is 1.42. The molecular formula is C17H18N4OS. The maximum Gasteiger partial charge on any atom is 0.240 e. The number of hydrogen-bond donors (Lipinski definition) is 0. The zero-order valence-corrected chi connectivity index (χ0v) is 13.9. The molecule has 1 atom stereocenters. The van der Waals surface area contributed by atoms with E-state index in [0.29, 0.717) is 6.54 Å². The van der Waals surface area contributed by atoms with Crippen molar-refractivity contribution in [2.24, 2.45) is 0 Å². The number of benzene rings is 1. The number of amides is 1. The lowest BCUT2D eigenvalue weighted by Crippen LogP contribution is -2.36. The number of hydrogen-bond acceptors (Lipinski definition) is 4. The first-order valence-corrected chi connectivity index (χ1v) is 8.41. The standard InChI is InChI=1S/C17H18N4OS/c1-3-20(14-9-5-4-6-10-14)16(22)13(2)23-17-19-18-15-11-7-8-12-21(15)17/h4-13H,3H2,1-2H3. The van der Waals surface area contributed by atoms with E-state index in [2.05, 4.69) is 10.2 Å². The molecule has 1 aromatic carbocycles. The van der Waals surface area contributed by atoms with E-state index in [1.54, 1.807) is 4.90 Å². The van der Waals surface area contributed by atoms with Crippen LogP contribution in [-0.2, 0) is 4.79 Å². The Balaban J connectivity index is 1.79. The maximum atomic E-state index is 12.8. The van der Waals surface area contributed by atoms with E-state index in [0.717, 1.165) is 16.5 Å². The van der Waals surface area contributed by atoms with E-state index in [1.807, 2.05) is 73.0 Å². The lowest BCUT2D eigenvalue weighted by atomic mass is 10.2. The van der Waals surface area contributed by atoms with Crippen molar-refractivity contribution < 1.29 is 4.79 Å². The largest absolute Gasteiger partial charge is 0.312 e. The van der Waals surface area contributed by atoms with Crippen LogP contribution in [0, 0.1) is 0 Å². The molecule has 0 saturated carbocycles. The van der Waals surface area contributed by atoms with Crippen molar-refractivity contribution in [2.45, 2.75) is 24.3 Å². The van der Waals surface area contributed by atoms with Gasteiger partial charge in [0, 0.05) is 18.4 Å². The highest BCUT2D eigenvalue weighted by atomic mass is 32.2. The maximum absolute atomic E-state index is 12.8. The number of carbonyl (C=O) groups is 1. The average molecular weight is 326 g/mol. The summed E-state index contributed by atoms with van der Waals surface area (Å²) in [6, 6.07) is 15.5. The van der Waals surface area contributed by atoms with Crippen molar-refractivity contribution in [3.63, 3.8) is 0 Å². The van der Waals surface area contributed by atoms with Gasteiger partial charge in [0.1, 0.15) is 0 Å². The minimum Gasteiger partial charge on any atom is -0.312 e. The molecule has 0 aliphatic carbocycles. The molecule has 2 heterocycles. The Morgan fingerprint density at radius 2 is 1.91 bits per heavy atom. The second-order valence-electron chi connectivity index (χ2n) is 5.09. The van der Waals surface area contributed by atoms with Crippen LogP contribution in [0.3, 0.4) is 0 Å². The summed E-state index contributed by atoms with van der Waals surface area (Å²) in [5.41, 5.74) is 1.70. The van der Waals surface area contributed by atoms with Crippen LogP contribution < -0.4 is 4.90 Å². The van der Waals surface area contributed by atoms with Gasteiger partial charge in [-0.05, 0) is 38.1 Å². The van der Waals surface area contributed by atoms with Gasteiger partial charge in [-0.2, -0.15) is 0 Å². The zero-order valence-electron chi connectivity index (χ0n) is 13.1. The topological polar surface area (TPSA) is 50.5 Å². The Morgan fingerprint density at radius 3 is 2.65 bits per heavy atom. The van der Waals surface area contributed by atoms with Gasteiger partial charge in [-0.25, -0.2) is 0 Å². The van der Waals surface area contributed by atoms with Crippen LogP contribution in [0.4, 0.5) is 5.69 Å². The van der Waals surface area contributed by atoms with Crippen LogP contribution in [0.15, 0.2) is 59.9 Å². The van der Waals surface area contributed by atoms with Gasteiger partial charge in [0.25, 0.3) is 0 Å². The summed E-state index contributed by atoms with van der Waals surface area (Å²) in [7, 11) is 0. The smallest absolute Gasteiger partial charge is 0.240 e. The Labute approximate surface area is 139 Å². The zero-order chi connectivity index (χ0) is 16.2. The Morgan fingerprint density at radius 1 is 1.17 bits per heavy atom. The minimum atomic E-state index is -0.247. The summed E-state index contributed by atoms with van der Waals surface area (Å²) in [6.07, 6.45) is 1.91. The fraction of sp³-hybridized carbons (Fsp3) is 0.235. The van der Waals surface area contributed by atoms with Gasteiger partial charge in [-0.1, -0.05) is 36.0 Å². The molecular weight excluding hydrogens is 308 g/mol. The number of anilines is 1. The van der Waals surface area contributed by atoms with Gasteiger partial charge < -0.3 is 4.90 Å². The third kappa shape index (κ3) is 3.22. The molecule has 0 radical (unpaired) electrons. The van der Waals surface area contributed by atoms with Crippen molar-refractivity contribution in [3.05, 3.63) is 54.7 Å². The third-order valence-corrected chi connectivity index (χ3v) is 4.61. The molecule has 6 heteroatoms. The molecule has 0 aliphatic heterocycles. The van der Waals surface area contributed by atoms with Crippen molar-refractivity contribution in [3.8, 4) is 0 Å². The Hall–Kier alpha value is -2.34. The van der Waals surface area contributed by atoms with Gasteiger partial charge in [0.15, 0.2) is 10.8 Å². The number of carbonyl (C=O) groups excluding carboxylic acids is 1. The molecule has 0 aliphatic rings. The molecule has 118 valence electrons. The van der Waals surface area contributed by atoms with Crippen LogP contribution in [-0.4, -0.2) is 32.3 Å². The van der Waals surface area contributed by atoms with E-state index in [1.165, 1.54) is 11.8 Å². The highest BCUT2D eigenvalue weighted by molar-refractivity contribution is 8.00. The number of fused-ring (bicyclic) bond motifs is 1. The predicted molar refractivity (Wildman–Crippen MR) is 92.8 cm³/mol. The number of aromatic nitrogens is 3. The summed E-state index contributed by atoms with van der Waals surface area (Å²) in [5.74, 6) is 0.0661. The molecule has 1 amide bonds. The first-order chi connectivity index (χ1) is 11.2. The quantitative estimate of drug-likeness (QED) is 0.675.